The number of nitrogens with one attached hydrogen (secondary N) is 1. The minimum absolute atomic E-state index is 0.00742. The molecule has 0 fully saturated rings. The van der Waals surface area contributed by atoms with Gasteiger partial charge in [-0.25, -0.2) is 4.98 Å². The summed E-state index contributed by atoms with van der Waals surface area (Å²) in [7, 11) is 0. The van der Waals surface area contributed by atoms with Crippen LogP contribution in [0, 0.1) is 13.8 Å². The van der Waals surface area contributed by atoms with E-state index in [0.29, 0.717) is 16.3 Å². The third kappa shape index (κ3) is 4.17. The molecule has 0 saturated carbocycles. The first-order chi connectivity index (χ1) is 11.5. The third-order valence-electron chi connectivity index (χ3n) is 3.59. The number of fused-ring (bicyclic) bond motifs is 1. The summed E-state index contributed by atoms with van der Waals surface area (Å²) in [5.74, 6) is 1.53. The van der Waals surface area contributed by atoms with Crippen molar-refractivity contribution in [3.8, 4) is 0 Å². The molecule has 3 rings (SSSR count). The highest BCUT2D eigenvalue weighted by molar-refractivity contribution is 8.00. The average molecular weight is 397 g/mol. The van der Waals surface area contributed by atoms with Crippen LogP contribution in [-0.4, -0.2) is 26.9 Å². The van der Waals surface area contributed by atoms with Gasteiger partial charge < -0.3 is 4.98 Å². The van der Waals surface area contributed by atoms with Crippen molar-refractivity contribution in [1.29, 1.82) is 0 Å². The lowest BCUT2D eigenvalue weighted by Gasteiger charge is -2.08. The van der Waals surface area contributed by atoms with Crippen molar-refractivity contribution in [1.82, 2.24) is 9.97 Å². The summed E-state index contributed by atoms with van der Waals surface area (Å²) >= 11 is 11.2. The molecule has 1 aromatic carbocycles. The van der Waals surface area contributed by atoms with E-state index in [-0.39, 0.29) is 10.9 Å². The lowest BCUT2D eigenvalue weighted by Crippen LogP contribution is -2.11. The van der Waals surface area contributed by atoms with E-state index in [2.05, 4.69) is 22.1 Å². The van der Waals surface area contributed by atoms with Gasteiger partial charge in [-0.2, -0.15) is 0 Å². The normalized spacial score (nSPS) is 12.6. The van der Waals surface area contributed by atoms with Gasteiger partial charge in [0, 0.05) is 21.3 Å². The van der Waals surface area contributed by atoms with Crippen molar-refractivity contribution in [3.05, 3.63) is 51.1 Å². The average Bonchev–Trinajstić information content (AvgIpc) is 2.86. The molecule has 0 aliphatic carbocycles. The number of halogens is 1. The predicted molar refractivity (Wildman–Crippen MR) is 107 cm³/mol. The first-order valence-electron chi connectivity index (χ1n) is 7.49. The topological polar surface area (TPSA) is 45.8 Å². The molecule has 126 valence electrons. The lowest BCUT2D eigenvalue weighted by atomic mass is 10.2. The maximum Gasteiger partial charge on any atom is 0.260 e. The molecular weight excluding hydrogens is 380 g/mol. The van der Waals surface area contributed by atoms with Gasteiger partial charge in [0.1, 0.15) is 4.83 Å². The largest absolute Gasteiger partial charge is 0.301 e. The monoisotopic (exact) mass is 396 g/mol. The zero-order chi connectivity index (χ0) is 17.1. The summed E-state index contributed by atoms with van der Waals surface area (Å²) in [5, 5.41) is 1.36. The van der Waals surface area contributed by atoms with Crippen molar-refractivity contribution in [2.24, 2.45) is 0 Å². The summed E-state index contributed by atoms with van der Waals surface area (Å²) < 4.78 is 0. The van der Waals surface area contributed by atoms with Gasteiger partial charge in [0.05, 0.1) is 10.8 Å². The fraction of sp³-hybridized carbons (Fsp3) is 0.294. The molecule has 2 aromatic heterocycles. The molecular formula is C17H17ClN2OS3. The number of aromatic amines is 1. The number of hydrogen-bond donors (Lipinski definition) is 1. The van der Waals surface area contributed by atoms with Gasteiger partial charge in [-0.15, -0.1) is 34.7 Å². The van der Waals surface area contributed by atoms with E-state index in [0.717, 1.165) is 21.0 Å². The molecule has 3 nitrogen and oxygen atoms in total. The quantitative estimate of drug-likeness (QED) is 0.358. The fourth-order valence-electron chi connectivity index (χ4n) is 2.22. The number of thioether (sulfide) groups is 2. The summed E-state index contributed by atoms with van der Waals surface area (Å²) in [5.41, 5.74) is 0.962. The number of aromatic nitrogens is 2. The lowest BCUT2D eigenvalue weighted by molar-refractivity contribution is 0.974. The van der Waals surface area contributed by atoms with E-state index in [4.69, 9.17) is 11.6 Å². The Hall–Kier alpha value is -0.950. The Labute approximate surface area is 158 Å². The zero-order valence-corrected chi connectivity index (χ0v) is 16.5. The second kappa shape index (κ2) is 7.95. The number of thiophene rings is 1. The highest BCUT2D eigenvalue weighted by Crippen LogP contribution is 2.28. The number of alkyl halides is 1. The second-order valence-electron chi connectivity index (χ2n) is 5.37. The van der Waals surface area contributed by atoms with E-state index in [1.165, 1.54) is 16.7 Å². The van der Waals surface area contributed by atoms with Gasteiger partial charge >= 0.3 is 0 Å². The van der Waals surface area contributed by atoms with Crippen LogP contribution in [-0.2, 0) is 0 Å². The second-order valence-corrected chi connectivity index (χ2v) is 9.29. The van der Waals surface area contributed by atoms with E-state index >= 15 is 0 Å². The minimum Gasteiger partial charge on any atom is -0.301 e. The molecule has 0 saturated heterocycles. The van der Waals surface area contributed by atoms with Gasteiger partial charge in [-0.05, 0) is 31.5 Å². The molecule has 7 heteroatoms. The first-order valence-corrected chi connectivity index (χ1v) is 10.7. The molecule has 0 unspecified atom stereocenters. The van der Waals surface area contributed by atoms with Crippen LogP contribution in [0.4, 0.5) is 0 Å². The SMILES string of the molecule is Cc1sc2nc(SC[C@H](Cl)CSc3ccccc3)[nH]c(=O)c2c1C. The molecule has 0 radical (unpaired) electrons. The van der Waals surface area contributed by atoms with Crippen molar-refractivity contribution in [3.63, 3.8) is 0 Å². The fourth-order valence-corrected chi connectivity index (χ4v) is 5.46. The van der Waals surface area contributed by atoms with Crippen molar-refractivity contribution < 1.29 is 0 Å². The maximum absolute atomic E-state index is 12.2. The summed E-state index contributed by atoms with van der Waals surface area (Å²) in [6.07, 6.45) is 0. The number of benzene rings is 1. The van der Waals surface area contributed by atoms with Crippen molar-refractivity contribution >= 4 is 56.7 Å². The van der Waals surface area contributed by atoms with Crippen LogP contribution in [0.1, 0.15) is 10.4 Å². The van der Waals surface area contributed by atoms with E-state index in [1.807, 2.05) is 32.0 Å². The number of hydrogen-bond acceptors (Lipinski definition) is 5. The van der Waals surface area contributed by atoms with Crippen LogP contribution in [0.2, 0.25) is 0 Å². The molecule has 0 aliphatic rings. The van der Waals surface area contributed by atoms with Crippen molar-refractivity contribution in [2.45, 2.75) is 29.3 Å². The number of rotatable bonds is 6. The molecule has 0 amide bonds. The van der Waals surface area contributed by atoms with Crippen LogP contribution >= 0.6 is 46.5 Å². The standard InChI is InChI=1S/C17H17ClN2OS3/c1-10-11(2)24-16-14(10)15(21)19-17(20-16)23-9-12(18)8-22-13-6-4-3-5-7-13/h3-7,12H,8-9H2,1-2H3,(H,19,20,21)/t12-/m1/s1. The summed E-state index contributed by atoms with van der Waals surface area (Å²) in [6.45, 7) is 3.98. The van der Waals surface area contributed by atoms with Gasteiger partial charge in [-0.3, -0.25) is 4.79 Å². The van der Waals surface area contributed by atoms with Crippen LogP contribution in [0.25, 0.3) is 10.2 Å². The zero-order valence-electron chi connectivity index (χ0n) is 13.3. The van der Waals surface area contributed by atoms with E-state index in [9.17, 15) is 4.79 Å². The van der Waals surface area contributed by atoms with Gasteiger partial charge in [-0.1, -0.05) is 30.0 Å². The van der Waals surface area contributed by atoms with Gasteiger partial charge in [0.15, 0.2) is 5.16 Å². The Morgan fingerprint density at radius 2 is 1.92 bits per heavy atom. The highest BCUT2D eigenvalue weighted by atomic mass is 35.5. The molecule has 1 atom stereocenters. The molecule has 24 heavy (non-hydrogen) atoms. The molecule has 1 N–H and O–H groups in total. The Morgan fingerprint density at radius 1 is 1.21 bits per heavy atom. The molecule has 0 aliphatic heterocycles. The summed E-state index contributed by atoms with van der Waals surface area (Å²) in [4.78, 5) is 22.8. The molecule has 2 heterocycles. The molecule has 3 aromatic rings. The Kier molecular flexibility index (Phi) is 5.92. The Balaban J connectivity index is 1.62. The first kappa shape index (κ1) is 17.9. The summed E-state index contributed by atoms with van der Waals surface area (Å²) in [6, 6.07) is 10.2. The van der Waals surface area contributed by atoms with E-state index in [1.54, 1.807) is 23.1 Å². The highest BCUT2D eigenvalue weighted by Gasteiger charge is 2.13. The Morgan fingerprint density at radius 3 is 2.67 bits per heavy atom. The van der Waals surface area contributed by atoms with Crippen LogP contribution < -0.4 is 5.56 Å². The third-order valence-corrected chi connectivity index (χ3v) is 7.58. The van der Waals surface area contributed by atoms with Crippen molar-refractivity contribution in [2.75, 3.05) is 11.5 Å². The smallest absolute Gasteiger partial charge is 0.260 e. The number of H-pyrrole nitrogens is 1. The van der Waals surface area contributed by atoms with E-state index < -0.39 is 0 Å². The van der Waals surface area contributed by atoms with Gasteiger partial charge in [0.2, 0.25) is 0 Å². The van der Waals surface area contributed by atoms with Crippen LogP contribution in [0.5, 0.6) is 0 Å². The van der Waals surface area contributed by atoms with Crippen LogP contribution in [0.3, 0.4) is 0 Å². The maximum atomic E-state index is 12.2. The predicted octanol–water partition coefficient (Wildman–Crippen LogP) is 5.09. The minimum atomic E-state index is -0.0610. The van der Waals surface area contributed by atoms with Gasteiger partial charge in [0.25, 0.3) is 5.56 Å². The Bertz CT molecular complexity index is 892. The molecule has 0 spiro atoms. The molecule has 0 bridgehead atoms. The number of nitrogens with zero attached hydrogens (tertiary/aromatic N) is 1. The van der Waals surface area contributed by atoms with Crippen LogP contribution in [0.15, 0.2) is 45.2 Å². The number of aryl methyl sites for hydroxylation is 2.